The average Bonchev–Trinajstić information content (AvgIpc) is 2.98. The highest BCUT2D eigenvalue weighted by atomic mass is 19.4. The zero-order valence-corrected chi connectivity index (χ0v) is 24.5. The second-order valence-corrected chi connectivity index (χ2v) is 8.68. The van der Waals surface area contributed by atoms with E-state index in [9.17, 15) is 64.7 Å². The molecule has 0 aliphatic carbocycles. The van der Waals surface area contributed by atoms with Gasteiger partial charge in [0, 0.05) is 0 Å². The predicted octanol–water partition coefficient (Wildman–Crippen LogP) is -1.15. The Kier molecular flexibility index (Phi) is 28.1. The number of carboxylic acids is 4. The van der Waals surface area contributed by atoms with Crippen LogP contribution in [0.25, 0.3) is 0 Å². The number of hydrogen-bond donors (Lipinski definition) is 8. The molecule has 12 N–H and O–H groups in total. The van der Waals surface area contributed by atoms with Crippen LogP contribution < -0.4 is 22.9 Å². The van der Waals surface area contributed by atoms with Gasteiger partial charge in [0.2, 0.25) is 6.43 Å². The summed E-state index contributed by atoms with van der Waals surface area (Å²) in [5.74, 6) is -12.7. The van der Waals surface area contributed by atoms with Crippen LogP contribution in [0.1, 0.15) is 25.7 Å². The number of ketones is 4. The molecule has 0 aromatic carbocycles. The number of nitrogens with two attached hydrogens (primary N) is 4. The fourth-order valence-electron chi connectivity index (χ4n) is 2.63. The Morgan fingerprint density at radius 2 is 1.00 bits per heavy atom. The highest BCUT2D eigenvalue weighted by molar-refractivity contribution is 5.89. The Hall–Kier alpha value is -4.46. The highest BCUT2D eigenvalue weighted by Crippen LogP contribution is 2.29. The van der Waals surface area contributed by atoms with Crippen molar-refractivity contribution in [3.05, 3.63) is 0 Å². The highest BCUT2D eigenvalue weighted by Gasteiger charge is 2.45. The van der Waals surface area contributed by atoms with E-state index >= 15 is 0 Å². The third-order valence-corrected chi connectivity index (χ3v) is 5.11. The molecule has 270 valence electrons. The first-order valence-electron chi connectivity index (χ1n) is 12.7. The zero-order valence-electron chi connectivity index (χ0n) is 24.5. The molecule has 0 spiro atoms. The van der Waals surface area contributed by atoms with Crippen molar-refractivity contribution in [2.45, 2.75) is 38.3 Å². The van der Waals surface area contributed by atoms with Gasteiger partial charge in [0.05, 0.1) is 76.3 Å². The van der Waals surface area contributed by atoms with E-state index in [2.05, 4.69) is 5.92 Å². The van der Waals surface area contributed by atoms with Gasteiger partial charge in [-0.15, -0.1) is 6.42 Å². The number of terminal acetylenes is 1. The van der Waals surface area contributed by atoms with Gasteiger partial charge in [0.15, 0.2) is 23.1 Å². The van der Waals surface area contributed by atoms with Gasteiger partial charge in [-0.3, -0.25) is 42.7 Å². The van der Waals surface area contributed by atoms with E-state index < -0.39 is 122 Å². The van der Waals surface area contributed by atoms with Gasteiger partial charge < -0.3 is 43.4 Å². The molecule has 0 saturated heterocycles. The molecule has 0 fully saturated rings. The van der Waals surface area contributed by atoms with Crippen molar-refractivity contribution < 1.29 is 85.1 Å². The van der Waals surface area contributed by atoms with Gasteiger partial charge in [0.1, 0.15) is 5.92 Å². The molecule has 0 aromatic heterocycles. The number of Topliss-reactive ketones (excluding diaryl/α,β-unsaturated/α-hetero) is 4. The third kappa shape index (κ3) is 26.5. The van der Waals surface area contributed by atoms with E-state index in [1.54, 1.807) is 0 Å². The van der Waals surface area contributed by atoms with Crippen LogP contribution in [0.15, 0.2) is 0 Å². The molecule has 16 nitrogen and oxygen atoms in total. The molecule has 0 aliphatic rings. The summed E-state index contributed by atoms with van der Waals surface area (Å²) in [4.78, 5) is 82.7. The van der Waals surface area contributed by atoms with E-state index in [1.165, 1.54) is 0 Å². The quantitative estimate of drug-likeness (QED) is 0.0619. The minimum absolute atomic E-state index is 0.206. The van der Waals surface area contributed by atoms with Crippen molar-refractivity contribution in [3.8, 4) is 12.3 Å². The van der Waals surface area contributed by atoms with Crippen molar-refractivity contribution in [2.24, 2.45) is 46.6 Å². The first-order chi connectivity index (χ1) is 21.5. The van der Waals surface area contributed by atoms with Crippen LogP contribution in [0.4, 0.5) is 26.3 Å². The summed E-state index contributed by atoms with van der Waals surface area (Å²) in [5.41, 5.74) is 19.4. The molecule has 0 radical (unpaired) electrons. The van der Waals surface area contributed by atoms with E-state index in [0.717, 1.165) is 0 Å². The molecule has 4 atom stereocenters. The summed E-state index contributed by atoms with van der Waals surface area (Å²) in [6.07, 6.45) is -5.84. The van der Waals surface area contributed by atoms with Crippen LogP contribution in [-0.2, 0) is 38.4 Å². The normalized spacial score (nSPS) is 12.8. The van der Waals surface area contributed by atoms with E-state index in [-0.39, 0.29) is 19.5 Å². The molecular formula is C25H36F6N4O12. The second-order valence-electron chi connectivity index (χ2n) is 8.68. The molecule has 4 unspecified atom stereocenters. The average molecular weight is 699 g/mol. The minimum Gasteiger partial charge on any atom is -0.481 e. The van der Waals surface area contributed by atoms with Crippen LogP contribution >= 0.6 is 0 Å². The Morgan fingerprint density at radius 3 is 1.26 bits per heavy atom. The van der Waals surface area contributed by atoms with E-state index in [0.29, 0.717) is 0 Å². The molecule has 47 heavy (non-hydrogen) atoms. The number of halogens is 6. The Labute approximate surface area is 262 Å². The van der Waals surface area contributed by atoms with E-state index in [1.807, 2.05) is 0 Å². The molecule has 0 aliphatic heterocycles. The summed E-state index contributed by atoms with van der Waals surface area (Å²) >= 11 is 0. The van der Waals surface area contributed by atoms with Crippen molar-refractivity contribution in [1.82, 2.24) is 0 Å². The smallest absolute Gasteiger partial charge is 0.399 e. The summed E-state index contributed by atoms with van der Waals surface area (Å²) in [6.45, 7) is -2.83. The molecule has 0 amide bonds. The Morgan fingerprint density at radius 1 is 0.617 bits per heavy atom. The lowest BCUT2D eigenvalue weighted by Crippen LogP contribution is -2.36. The van der Waals surface area contributed by atoms with Crippen molar-refractivity contribution in [2.75, 3.05) is 32.9 Å². The molecule has 0 heterocycles. The fourth-order valence-corrected chi connectivity index (χ4v) is 2.63. The number of carbonyl (C=O) groups is 8. The van der Waals surface area contributed by atoms with Crippen molar-refractivity contribution in [1.29, 1.82) is 0 Å². The van der Waals surface area contributed by atoms with Gasteiger partial charge in [0.25, 0.3) is 0 Å². The lowest BCUT2D eigenvalue weighted by atomic mass is 10.00. The summed E-state index contributed by atoms with van der Waals surface area (Å²) in [5, 5.41) is 32.7. The molecule has 0 saturated carbocycles. The van der Waals surface area contributed by atoms with Crippen LogP contribution in [0.2, 0.25) is 0 Å². The summed E-state index contributed by atoms with van der Waals surface area (Å²) in [7, 11) is 0. The monoisotopic (exact) mass is 698 g/mol. The molecular weight excluding hydrogens is 662 g/mol. The molecule has 0 rings (SSSR count). The maximum absolute atomic E-state index is 12.0. The lowest BCUT2D eigenvalue weighted by molar-refractivity contribution is -0.186. The standard InChI is InChI=1S/C7H9NO3.C6H8F3NO3.C6H9F2NO3.C6H10FNO3/c1-2-5(3-7(10)11)6(9)4-8;7-6(8,9)3(1-5(12)13)4(11)2-10;7-6(8)3(1-5(11)12)4(10)2-9;7-2-4(1-6(10)11)5(9)3-8/h1,5H,3-4,8H2,(H,10,11);3H,1-2,10H2,(H,12,13);3,6H,1-2,9H2,(H,11,12);4H,1-3,8H2,(H,10,11). The minimum atomic E-state index is -4.84. The summed E-state index contributed by atoms with van der Waals surface area (Å²) < 4.78 is 71.8. The maximum atomic E-state index is 12.0. The molecule has 0 bridgehead atoms. The first kappa shape index (κ1) is 49.4. The fraction of sp³-hybridized carbons (Fsp3) is 0.600. The largest absolute Gasteiger partial charge is 0.481 e. The van der Waals surface area contributed by atoms with Crippen LogP contribution in [0.5, 0.6) is 0 Å². The SMILES string of the molecule is C#CC(CC(=O)O)C(=O)CN.NCC(=O)C(CC(=O)O)C(F)(F)F.NCC(=O)C(CC(=O)O)C(F)F.NCC(=O)C(CF)CC(=O)O. The molecule has 22 heteroatoms. The number of carboxylic acid groups (broad SMARTS) is 4. The lowest BCUT2D eigenvalue weighted by Gasteiger charge is -2.15. The number of carbonyl (C=O) groups excluding carboxylic acids is 4. The van der Waals surface area contributed by atoms with Gasteiger partial charge in [-0.25, -0.2) is 8.78 Å². The number of hydrogen-bond acceptors (Lipinski definition) is 12. The van der Waals surface area contributed by atoms with E-state index in [4.69, 9.17) is 49.8 Å². The van der Waals surface area contributed by atoms with Crippen LogP contribution in [0.3, 0.4) is 0 Å². The van der Waals surface area contributed by atoms with Gasteiger partial charge in [-0.1, -0.05) is 5.92 Å². The second kappa shape index (κ2) is 26.7. The number of alkyl halides is 6. The molecule has 0 aromatic rings. The third-order valence-electron chi connectivity index (χ3n) is 5.11. The zero-order chi connectivity index (χ0) is 38.1. The predicted molar refractivity (Wildman–Crippen MR) is 146 cm³/mol. The van der Waals surface area contributed by atoms with Crippen LogP contribution in [0, 0.1) is 36.0 Å². The van der Waals surface area contributed by atoms with Gasteiger partial charge in [-0.05, 0) is 0 Å². The first-order valence-corrected chi connectivity index (χ1v) is 12.7. The Bertz CT molecular complexity index is 1100. The number of rotatable bonds is 18. The topological polar surface area (TPSA) is 322 Å². The Balaban J connectivity index is -0.000000263. The van der Waals surface area contributed by atoms with Gasteiger partial charge in [-0.2, -0.15) is 13.2 Å². The number of aliphatic carboxylic acids is 4. The van der Waals surface area contributed by atoms with Crippen molar-refractivity contribution in [3.63, 3.8) is 0 Å². The van der Waals surface area contributed by atoms with Crippen LogP contribution in [-0.4, -0.2) is 113 Å². The summed E-state index contributed by atoms with van der Waals surface area (Å²) in [6, 6.07) is 0. The maximum Gasteiger partial charge on any atom is 0.399 e. The van der Waals surface area contributed by atoms with Gasteiger partial charge >= 0.3 is 30.1 Å². The van der Waals surface area contributed by atoms with Crippen molar-refractivity contribution >= 4 is 47.0 Å².